The molecule has 1 fully saturated rings. The van der Waals surface area contributed by atoms with E-state index in [0.717, 1.165) is 16.3 Å². The molecule has 0 aliphatic carbocycles. The van der Waals surface area contributed by atoms with Gasteiger partial charge in [0.1, 0.15) is 23.3 Å². The molecule has 14 nitrogen and oxygen atoms in total. The van der Waals surface area contributed by atoms with Gasteiger partial charge in [0.25, 0.3) is 11.6 Å². The van der Waals surface area contributed by atoms with Crippen LogP contribution in [0.1, 0.15) is 0 Å². The van der Waals surface area contributed by atoms with Crippen molar-refractivity contribution >= 4 is 52.1 Å². The lowest BCUT2D eigenvalue weighted by atomic mass is 9.98. The van der Waals surface area contributed by atoms with Gasteiger partial charge >= 0.3 is 5.97 Å². The highest BCUT2D eigenvalue weighted by Crippen LogP contribution is 2.47. The van der Waals surface area contributed by atoms with Crippen LogP contribution in [-0.4, -0.2) is 92.7 Å². The highest BCUT2D eigenvalue weighted by Gasteiger charge is 2.66. The van der Waals surface area contributed by atoms with Gasteiger partial charge in [-0.15, -0.1) is 22.0 Å². The largest absolute Gasteiger partial charge is 0.477 e. The highest BCUT2D eigenvalue weighted by molar-refractivity contribution is 8.01. The number of nitrogens with one attached hydrogen (secondary N) is 1. The standard InChI is InChI=1S/C25H23N9O5S2/c1-32-24(28-29-31-32)41-13-15-12-40-23-25(39-2,22(38)34(23)20(15)21(36)37)26-19(35)11-33-10-18(27-30-33)17-9-5-7-14-6-3-4-8-16(14)17/h3-10,23H,11-13H2,1-2H3,(H,26,35)(H,36,37)/t23-,25+/m1/s1. The summed E-state index contributed by atoms with van der Waals surface area (Å²) < 4.78 is 8.40. The van der Waals surface area contributed by atoms with E-state index in [-0.39, 0.29) is 18.0 Å². The number of amides is 2. The number of ether oxygens (including phenoxy) is 1. The number of thioether (sulfide) groups is 2. The molecular formula is C25H23N9O5S2. The smallest absolute Gasteiger partial charge is 0.352 e. The van der Waals surface area contributed by atoms with Crippen molar-refractivity contribution in [3.63, 3.8) is 0 Å². The quantitative estimate of drug-likeness (QED) is 0.161. The van der Waals surface area contributed by atoms with Crippen molar-refractivity contribution in [2.24, 2.45) is 7.05 Å². The number of rotatable bonds is 9. The van der Waals surface area contributed by atoms with Gasteiger partial charge < -0.3 is 15.2 Å². The van der Waals surface area contributed by atoms with Crippen LogP contribution in [0.15, 0.2) is 65.1 Å². The number of carboxylic acid groups (broad SMARTS) is 1. The summed E-state index contributed by atoms with van der Waals surface area (Å²) in [6.45, 7) is -0.219. The van der Waals surface area contributed by atoms with Crippen LogP contribution in [0.25, 0.3) is 22.0 Å². The number of methoxy groups -OCH3 is 1. The monoisotopic (exact) mass is 593 g/mol. The number of carbonyl (C=O) groups excluding carboxylic acids is 2. The van der Waals surface area contributed by atoms with E-state index < -0.39 is 28.9 Å². The summed E-state index contributed by atoms with van der Waals surface area (Å²) in [7, 11) is 2.99. The Bertz CT molecular complexity index is 1710. The van der Waals surface area contributed by atoms with Gasteiger partial charge in [0.2, 0.25) is 11.1 Å². The molecular weight excluding hydrogens is 570 g/mol. The predicted molar refractivity (Wildman–Crippen MR) is 148 cm³/mol. The molecule has 2 aliphatic heterocycles. The van der Waals surface area contributed by atoms with Crippen molar-refractivity contribution < 1.29 is 24.2 Å². The molecule has 0 radical (unpaired) electrons. The van der Waals surface area contributed by atoms with Gasteiger partial charge in [-0.3, -0.25) is 14.5 Å². The van der Waals surface area contributed by atoms with Gasteiger partial charge in [0.15, 0.2) is 0 Å². The molecule has 210 valence electrons. The first-order valence-electron chi connectivity index (χ1n) is 12.3. The molecule has 2 N–H and O–H groups in total. The fourth-order valence-corrected chi connectivity index (χ4v) is 7.32. The van der Waals surface area contributed by atoms with Crippen LogP contribution in [0.2, 0.25) is 0 Å². The van der Waals surface area contributed by atoms with Crippen LogP contribution in [0.5, 0.6) is 0 Å². The van der Waals surface area contributed by atoms with Gasteiger partial charge in [-0.25, -0.2) is 14.2 Å². The average molecular weight is 594 g/mol. The number of aryl methyl sites for hydroxylation is 1. The van der Waals surface area contributed by atoms with E-state index in [1.54, 1.807) is 13.2 Å². The second-order valence-corrected chi connectivity index (χ2v) is 11.3. The fourth-order valence-electron chi connectivity index (χ4n) is 4.89. The van der Waals surface area contributed by atoms with Gasteiger partial charge in [0, 0.05) is 31.2 Å². The zero-order valence-electron chi connectivity index (χ0n) is 21.8. The van der Waals surface area contributed by atoms with E-state index in [2.05, 4.69) is 31.2 Å². The first kappa shape index (κ1) is 26.9. The maximum Gasteiger partial charge on any atom is 0.352 e. The van der Waals surface area contributed by atoms with Crippen molar-refractivity contribution in [3.05, 3.63) is 59.9 Å². The van der Waals surface area contributed by atoms with E-state index in [9.17, 15) is 19.5 Å². The maximum absolute atomic E-state index is 13.4. The molecule has 2 aromatic carbocycles. The topological polar surface area (TPSA) is 170 Å². The molecule has 2 aliphatic rings. The Morgan fingerprint density at radius 3 is 2.76 bits per heavy atom. The first-order chi connectivity index (χ1) is 19.8. The molecule has 0 spiro atoms. The van der Waals surface area contributed by atoms with E-state index in [4.69, 9.17) is 4.74 Å². The number of hydrogen-bond acceptors (Lipinski definition) is 11. The lowest BCUT2D eigenvalue weighted by Crippen LogP contribution is -2.80. The van der Waals surface area contributed by atoms with Crippen molar-refractivity contribution in [2.45, 2.75) is 22.8 Å². The summed E-state index contributed by atoms with van der Waals surface area (Å²) in [6, 6.07) is 13.8. The van der Waals surface area contributed by atoms with Crippen molar-refractivity contribution in [1.82, 2.24) is 45.4 Å². The molecule has 0 unspecified atom stereocenters. The number of hydrogen-bond donors (Lipinski definition) is 2. The molecule has 2 amide bonds. The van der Waals surface area contributed by atoms with E-state index >= 15 is 0 Å². The van der Waals surface area contributed by atoms with Crippen LogP contribution in [0, 0.1) is 0 Å². The van der Waals surface area contributed by atoms with Crippen LogP contribution in [0.3, 0.4) is 0 Å². The summed E-state index contributed by atoms with van der Waals surface area (Å²) in [5, 5.41) is 34.0. The normalized spacial score (nSPS) is 20.2. The number of fused-ring (bicyclic) bond motifs is 2. The SMILES string of the molecule is CO[C@@]1(NC(=O)Cn2cc(-c3cccc4ccccc34)nn2)C(=O)N2C(C(=O)O)=C(CSc3nnnn3C)CS[C@@H]21. The third-order valence-electron chi connectivity index (χ3n) is 6.83. The molecule has 0 bridgehead atoms. The molecule has 16 heteroatoms. The van der Waals surface area contributed by atoms with Gasteiger partial charge in [-0.05, 0) is 26.8 Å². The second-order valence-electron chi connectivity index (χ2n) is 9.29. The van der Waals surface area contributed by atoms with Gasteiger partial charge in [-0.2, -0.15) is 0 Å². The number of tetrazole rings is 1. The molecule has 2 aromatic heterocycles. The Kier molecular flexibility index (Phi) is 6.96. The molecule has 4 heterocycles. The summed E-state index contributed by atoms with van der Waals surface area (Å²) >= 11 is 2.57. The molecule has 6 rings (SSSR count). The average Bonchev–Trinajstić information content (AvgIpc) is 3.61. The van der Waals surface area contributed by atoms with Crippen LogP contribution < -0.4 is 5.32 Å². The summed E-state index contributed by atoms with van der Waals surface area (Å²) in [5.74, 6) is -1.85. The van der Waals surface area contributed by atoms with Crippen molar-refractivity contribution in [1.29, 1.82) is 0 Å². The number of carbonyl (C=O) groups is 3. The number of aliphatic carboxylic acids is 1. The number of nitrogens with zero attached hydrogens (tertiary/aromatic N) is 8. The zero-order valence-corrected chi connectivity index (χ0v) is 23.4. The van der Waals surface area contributed by atoms with Crippen molar-refractivity contribution in [3.8, 4) is 11.3 Å². The maximum atomic E-state index is 13.4. The Morgan fingerprint density at radius 2 is 2.00 bits per heavy atom. The molecule has 1 saturated heterocycles. The zero-order chi connectivity index (χ0) is 28.7. The summed E-state index contributed by atoms with van der Waals surface area (Å²) in [5.41, 5.74) is 0.180. The predicted octanol–water partition coefficient (Wildman–Crippen LogP) is 1.13. The minimum atomic E-state index is -1.71. The Morgan fingerprint density at radius 1 is 1.20 bits per heavy atom. The lowest BCUT2D eigenvalue weighted by Gasteiger charge is -2.55. The van der Waals surface area contributed by atoms with E-state index in [0.29, 0.717) is 22.2 Å². The summed E-state index contributed by atoms with van der Waals surface area (Å²) in [4.78, 5) is 39.9. The van der Waals surface area contributed by atoms with Crippen LogP contribution in [0.4, 0.5) is 0 Å². The number of aromatic nitrogens is 7. The number of carboxylic acids is 1. The minimum Gasteiger partial charge on any atom is -0.477 e. The highest BCUT2D eigenvalue weighted by atomic mass is 32.2. The Hall–Kier alpha value is -4.28. The Labute approximate surface area is 241 Å². The lowest BCUT2D eigenvalue weighted by molar-refractivity contribution is -0.192. The molecule has 41 heavy (non-hydrogen) atoms. The molecule has 2 atom stereocenters. The third-order valence-corrected chi connectivity index (χ3v) is 9.30. The second kappa shape index (κ2) is 10.6. The Balaban J connectivity index is 1.17. The molecule has 0 saturated carbocycles. The molecule has 4 aromatic rings. The first-order valence-corrected chi connectivity index (χ1v) is 14.4. The number of β-lactam (4-membered cyclic amide) rings is 1. The van der Waals surface area contributed by atoms with Gasteiger partial charge in [-0.1, -0.05) is 59.4 Å². The minimum absolute atomic E-state index is 0.126. The number of benzene rings is 2. The van der Waals surface area contributed by atoms with Crippen molar-refractivity contribution in [2.75, 3.05) is 18.6 Å². The fraction of sp³-hybridized carbons (Fsp3) is 0.280. The van der Waals surface area contributed by atoms with E-state index in [1.165, 1.54) is 44.9 Å². The van der Waals surface area contributed by atoms with E-state index in [1.807, 2.05) is 42.5 Å². The summed E-state index contributed by atoms with van der Waals surface area (Å²) in [6.07, 6.45) is 1.66. The van der Waals surface area contributed by atoms with Gasteiger partial charge in [0.05, 0.1) is 6.20 Å². The van der Waals surface area contributed by atoms with Crippen LogP contribution in [-0.2, 0) is 32.7 Å². The third kappa shape index (κ3) is 4.62. The van der Waals surface area contributed by atoms with Crippen LogP contribution >= 0.6 is 23.5 Å².